The molecule has 0 aromatic heterocycles. The molecule has 3 atom stereocenters. The highest BCUT2D eigenvalue weighted by molar-refractivity contribution is 5.89. The summed E-state index contributed by atoms with van der Waals surface area (Å²) in [7, 11) is 1.95. The lowest BCUT2D eigenvalue weighted by Crippen LogP contribution is -2.49. The van der Waals surface area contributed by atoms with Gasteiger partial charge in [-0.05, 0) is 32.4 Å². The van der Waals surface area contributed by atoms with E-state index in [2.05, 4.69) is 5.32 Å². The molecule has 5 nitrogen and oxygen atoms in total. The first kappa shape index (κ1) is 19.7. The first-order chi connectivity index (χ1) is 11.6. The van der Waals surface area contributed by atoms with E-state index in [-0.39, 0.29) is 36.2 Å². The number of benzene rings is 1. The predicted molar refractivity (Wildman–Crippen MR) is 101 cm³/mol. The number of nitrogens with zero attached hydrogens (tertiary/aromatic N) is 2. The molecule has 2 fully saturated rings. The molecule has 0 saturated carbocycles. The van der Waals surface area contributed by atoms with Crippen LogP contribution in [0.4, 0.5) is 0 Å². The Hall–Kier alpha value is -1.59. The molecule has 0 bridgehead atoms. The van der Waals surface area contributed by atoms with Gasteiger partial charge in [-0.2, -0.15) is 0 Å². The average molecular weight is 366 g/mol. The van der Waals surface area contributed by atoms with E-state index in [4.69, 9.17) is 0 Å². The van der Waals surface area contributed by atoms with Crippen LogP contribution in [0.5, 0.6) is 0 Å². The second-order valence-electron chi connectivity index (χ2n) is 6.95. The summed E-state index contributed by atoms with van der Waals surface area (Å²) < 4.78 is 0. The minimum absolute atomic E-state index is 0. The van der Waals surface area contributed by atoms with E-state index < -0.39 is 0 Å². The predicted octanol–water partition coefficient (Wildman–Crippen LogP) is 2.23. The highest BCUT2D eigenvalue weighted by Gasteiger charge is 2.39. The SMILES string of the molecule is CNC1CCCN(C(=O)C2CC(=O)N(C(C)c3ccccc3)C2)C1.Cl. The largest absolute Gasteiger partial charge is 0.341 e. The number of halogens is 1. The van der Waals surface area contributed by atoms with Gasteiger partial charge in [0.25, 0.3) is 0 Å². The average Bonchev–Trinajstić information content (AvgIpc) is 3.03. The van der Waals surface area contributed by atoms with Crippen molar-refractivity contribution in [3.63, 3.8) is 0 Å². The van der Waals surface area contributed by atoms with E-state index in [0.29, 0.717) is 19.0 Å². The number of nitrogens with one attached hydrogen (secondary N) is 1. The molecule has 138 valence electrons. The number of carbonyl (C=O) groups is 2. The monoisotopic (exact) mass is 365 g/mol. The highest BCUT2D eigenvalue weighted by Crippen LogP contribution is 2.29. The van der Waals surface area contributed by atoms with Crippen molar-refractivity contribution in [1.29, 1.82) is 0 Å². The Morgan fingerprint density at radius 2 is 1.96 bits per heavy atom. The van der Waals surface area contributed by atoms with Crippen molar-refractivity contribution in [1.82, 2.24) is 15.1 Å². The quantitative estimate of drug-likeness (QED) is 0.890. The Morgan fingerprint density at radius 3 is 2.64 bits per heavy atom. The van der Waals surface area contributed by atoms with Gasteiger partial charge in [-0.3, -0.25) is 9.59 Å². The topological polar surface area (TPSA) is 52.7 Å². The summed E-state index contributed by atoms with van der Waals surface area (Å²) in [5.41, 5.74) is 1.12. The van der Waals surface area contributed by atoms with Gasteiger partial charge in [0.2, 0.25) is 11.8 Å². The lowest BCUT2D eigenvalue weighted by Gasteiger charge is -2.34. The minimum atomic E-state index is -0.195. The number of likely N-dealkylation sites (N-methyl/N-ethyl adjacent to an activating group) is 1. The molecule has 1 aromatic carbocycles. The molecule has 25 heavy (non-hydrogen) atoms. The summed E-state index contributed by atoms with van der Waals surface area (Å²) in [6, 6.07) is 10.4. The highest BCUT2D eigenvalue weighted by atomic mass is 35.5. The Labute approximate surface area is 156 Å². The van der Waals surface area contributed by atoms with Crippen LogP contribution in [0, 0.1) is 5.92 Å². The van der Waals surface area contributed by atoms with Crippen LogP contribution in [0.15, 0.2) is 30.3 Å². The maximum absolute atomic E-state index is 12.8. The maximum atomic E-state index is 12.8. The van der Waals surface area contributed by atoms with Crippen molar-refractivity contribution >= 4 is 24.2 Å². The fourth-order valence-electron chi connectivity index (χ4n) is 3.85. The van der Waals surface area contributed by atoms with Gasteiger partial charge in [-0.15, -0.1) is 12.4 Å². The van der Waals surface area contributed by atoms with Crippen LogP contribution in [0.25, 0.3) is 0 Å². The summed E-state index contributed by atoms with van der Waals surface area (Å²) >= 11 is 0. The normalized spacial score (nSPS) is 24.8. The van der Waals surface area contributed by atoms with E-state index in [9.17, 15) is 9.59 Å². The van der Waals surface area contributed by atoms with Crippen LogP contribution in [0.2, 0.25) is 0 Å². The maximum Gasteiger partial charge on any atom is 0.228 e. The zero-order valence-electron chi connectivity index (χ0n) is 15.0. The van der Waals surface area contributed by atoms with Crippen molar-refractivity contribution < 1.29 is 9.59 Å². The molecule has 2 aliphatic heterocycles. The summed E-state index contributed by atoms with van der Waals surface area (Å²) in [5.74, 6) is 0.0391. The second kappa shape index (κ2) is 8.68. The van der Waals surface area contributed by atoms with E-state index >= 15 is 0 Å². The molecule has 0 aliphatic carbocycles. The van der Waals surface area contributed by atoms with Crippen LogP contribution >= 0.6 is 12.4 Å². The molecule has 0 radical (unpaired) electrons. The fourth-order valence-corrected chi connectivity index (χ4v) is 3.85. The number of rotatable bonds is 4. The summed E-state index contributed by atoms with van der Waals surface area (Å²) in [5, 5.41) is 3.27. The molecule has 3 unspecified atom stereocenters. The van der Waals surface area contributed by atoms with Crippen LogP contribution in [0.1, 0.15) is 37.8 Å². The second-order valence-corrected chi connectivity index (χ2v) is 6.95. The molecule has 2 aliphatic rings. The van der Waals surface area contributed by atoms with Gasteiger partial charge >= 0.3 is 0 Å². The smallest absolute Gasteiger partial charge is 0.228 e. The molecule has 0 spiro atoms. The molecule has 1 aromatic rings. The molecule has 6 heteroatoms. The lowest BCUT2D eigenvalue weighted by molar-refractivity contribution is -0.137. The molecule has 2 amide bonds. The molecule has 2 saturated heterocycles. The fraction of sp³-hybridized carbons (Fsp3) is 0.579. The third kappa shape index (κ3) is 4.33. The van der Waals surface area contributed by atoms with E-state index in [1.807, 2.05) is 54.1 Å². The van der Waals surface area contributed by atoms with Gasteiger partial charge in [-0.1, -0.05) is 30.3 Å². The molecular formula is C19H28ClN3O2. The third-order valence-corrected chi connectivity index (χ3v) is 5.40. The Balaban J connectivity index is 0.00000225. The van der Waals surface area contributed by atoms with Gasteiger partial charge in [0.1, 0.15) is 0 Å². The number of carbonyl (C=O) groups excluding carboxylic acids is 2. The minimum Gasteiger partial charge on any atom is -0.341 e. The zero-order chi connectivity index (χ0) is 17.1. The molecule has 3 rings (SSSR count). The van der Waals surface area contributed by atoms with Crippen LogP contribution in [-0.4, -0.2) is 54.3 Å². The Kier molecular flexibility index (Phi) is 6.85. The van der Waals surface area contributed by atoms with E-state index in [0.717, 1.165) is 31.5 Å². The lowest BCUT2D eigenvalue weighted by atomic mass is 10.0. The van der Waals surface area contributed by atoms with Crippen molar-refractivity contribution in [3.05, 3.63) is 35.9 Å². The van der Waals surface area contributed by atoms with Crippen molar-refractivity contribution in [2.45, 2.75) is 38.3 Å². The number of likely N-dealkylation sites (tertiary alicyclic amines) is 2. The van der Waals surface area contributed by atoms with Crippen LogP contribution in [0.3, 0.4) is 0 Å². The van der Waals surface area contributed by atoms with Crippen LogP contribution in [-0.2, 0) is 9.59 Å². The molecule has 1 N–H and O–H groups in total. The van der Waals surface area contributed by atoms with Crippen LogP contribution < -0.4 is 5.32 Å². The molecule has 2 heterocycles. The third-order valence-electron chi connectivity index (χ3n) is 5.40. The van der Waals surface area contributed by atoms with Gasteiger partial charge in [0.15, 0.2) is 0 Å². The van der Waals surface area contributed by atoms with E-state index in [1.54, 1.807) is 0 Å². The van der Waals surface area contributed by atoms with Gasteiger partial charge in [-0.25, -0.2) is 0 Å². The number of amides is 2. The van der Waals surface area contributed by atoms with E-state index in [1.165, 1.54) is 0 Å². The van der Waals surface area contributed by atoms with Gasteiger partial charge in [0.05, 0.1) is 12.0 Å². The van der Waals surface area contributed by atoms with Gasteiger partial charge < -0.3 is 15.1 Å². The molecular weight excluding hydrogens is 338 g/mol. The van der Waals surface area contributed by atoms with Crippen molar-refractivity contribution in [2.75, 3.05) is 26.7 Å². The first-order valence-corrected chi connectivity index (χ1v) is 8.90. The number of hydrogen-bond donors (Lipinski definition) is 1. The number of hydrogen-bond acceptors (Lipinski definition) is 3. The summed E-state index contributed by atoms with van der Waals surface area (Å²) in [6.07, 6.45) is 2.49. The summed E-state index contributed by atoms with van der Waals surface area (Å²) in [4.78, 5) is 29.1. The zero-order valence-corrected chi connectivity index (χ0v) is 15.8. The van der Waals surface area contributed by atoms with Crippen molar-refractivity contribution in [2.24, 2.45) is 5.92 Å². The van der Waals surface area contributed by atoms with Crippen molar-refractivity contribution in [3.8, 4) is 0 Å². The standard InChI is InChI=1S/C19H27N3O2.ClH/c1-14(15-7-4-3-5-8-15)22-12-16(11-18(22)23)19(24)21-10-6-9-17(13-21)20-2;/h3-5,7-8,14,16-17,20H,6,9-13H2,1-2H3;1H. The Morgan fingerprint density at radius 1 is 1.24 bits per heavy atom. The number of piperidine rings is 1. The summed E-state index contributed by atoms with van der Waals surface area (Å²) in [6.45, 7) is 4.15. The van der Waals surface area contributed by atoms with Gasteiger partial charge in [0, 0.05) is 32.1 Å². The Bertz CT molecular complexity index is 596. The first-order valence-electron chi connectivity index (χ1n) is 8.90.